The van der Waals surface area contributed by atoms with Crippen LogP contribution in [0.5, 0.6) is 5.75 Å². The first-order chi connectivity index (χ1) is 9.78. The molecule has 0 heterocycles. The zero-order chi connectivity index (χ0) is 14.2. The van der Waals surface area contributed by atoms with E-state index in [1.54, 1.807) is 31.2 Å². The van der Waals surface area contributed by atoms with Crippen LogP contribution in [0.15, 0.2) is 64.8 Å². The normalized spacial score (nSPS) is 10.4. The molecule has 0 spiro atoms. The molecule has 0 aromatic heterocycles. The first-order valence-corrected chi connectivity index (χ1v) is 6.19. The first kappa shape index (κ1) is 13.7. The van der Waals surface area contributed by atoms with Crippen LogP contribution < -0.4 is 4.74 Å². The fraction of sp³-hybridized carbons (Fsp3) is 0.133. The molecule has 102 valence electrons. The second-order valence-electron chi connectivity index (χ2n) is 3.81. The summed E-state index contributed by atoms with van der Waals surface area (Å²) < 4.78 is 9.62. The van der Waals surface area contributed by atoms with Crippen molar-refractivity contribution in [3.63, 3.8) is 0 Å². The van der Waals surface area contributed by atoms with Gasteiger partial charge in [-0.2, -0.15) is 10.2 Å². The smallest absolute Gasteiger partial charge is 0.434 e. The largest absolute Gasteiger partial charge is 0.513 e. The van der Waals surface area contributed by atoms with Gasteiger partial charge in [-0.25, -0.2) is 4.79 Å². The summed E-state index contributed by atoms with van der Waals surface area (Å²) in [4.78, 5) is 11.1. The van der Waals surface area contributed by atoms with Gasteiger partial charge in [0.25, 0.3) is 0 Å². The third-order valence-electron chi connectivity index (χ3n) is 2.34. The van der Waals surface area contributed by atoms with E-state index in [0.717, 1.165) is 5.69 Å². The van der Waals surface area contributed by atoms with Gasteiger partial charge in [-0.3, -0.25) is 0 Å². The molecule has 2 rings (SSSR count). The summed E-state index contributed by atoms with van der Waals surface area (Å²) >= 11 is 0. The van der Waals surface area contributed by atoms with E-state index in [4.69, 9.17) is 4.74 Å². The molecular formula is C15H14N2O3. The van der Waals surface area contributed by atoms with Crippen LogP contribution in [0.25, 0.3) is 0 Å². The highest BCUT2D eigenvalue weighted by atomic mass is 16.7. The topological polar surface area (TPSA) is 60.2 Å². The third kappa shape index (κ3) is 4.20. The van der Waals surface area contributed by atoms with Crippen LogP contribution >= 0.6 is 0 Å². The zero-order valence-electron chi connectivity index (χ0n) is 11.0. The van der Waals surface area contributed by atoms with Crippen molar-refractivity contribution in [3.8, 4) is 5.75 Å². The predicted octanol–water partition coefficient (Wildman–Crippen LogP) is 4.64. The third-order valence-corrected chi connectivity index (χ3v) is 2.34. The summed E-state index contributed by atoms with van der Waals surface area (Å²) in [6.07, 6.45) is -0.717. The Hall–Kier alpha value is -2.69. The molecule has 0 aliphatic heterocycles. The van der Waals surface area contributed by atoms with Crippen molar-refractivity contribution in [2.24, 2.45) is 10.2 Å². The average Bonchev–Trinajstić information content (AvgIpc) is 2.48. The zero-order valence-corrected chi connectivity index (χ0v) is 11.0. The fourth-order valence-electron chi connectivity index (χ4n) is 1.43. The summed E-state index contributed by atoms with van der Waals surface area (Å²) in [5.74, 6) is 0.405. The van der Waals surface area contributed by atoms with E-state index in [0.29, 0.717) is 11.4 Å². The molecule has 0 saturated carbocycles. The lowest BCUT2D eigenvalue weighted by Crippen LogP contribution is -2.09. The molecule has 5 nitrogen and oxygen atoms in total. The summed E-state index contributed by atoms with van der Waals surface area (Å²) in [5.41, 5.74) is 1.45. The number of rotatable bonds is 4. The fourth-order valence-corrected chi connectivity index (χ4v) is 1.43. The quantitative estimate of drug-likeness (QED) is 0.462. The molecule has 0 bridgehead atoms. The molecule has 20 heavy (non-hydrogen) atoms. The molecule has 0 N–H and O–H groups in total. The lowest BCUT2D eigenvalue weighted by Gasteiger charge is -2.03. The number of ether oxygens (including phenoxy) is 2. The van der Waals surface area contributed by atoms with Crippen LogP contribution in [0.4, 0.5) is 16.2 Å². The summed E-state index contributed by atoms with van der Waals surface area (Å²) in [7, 11) is 0. The van der Waals surface area contributed by atoms with Crippen LogP contribution in [0, 0.1) is 0 Å². The summed E-state index contributed by atoms with van der Waals surface area (Å²) in [5, 5.41) is 8.18. The second-order valence-corrected chi connectivity index (χ2v) is 3.81. The van der Waals surface area contributed by atoms with Crippen molar-refractivity contribution in [3.05, 3.63) is 54.6 Å². The van der Waals surface area contributed by atoms with Crippen molar-refractivity contribution in [1.29, 1.82) is 0 Å². The van der Waals surface area contributed by atoms with Gasteiger partial charge >= 0.3 is 6.16 Å². The van der Waals surface area contributed by atoms with Gasteiger partial charge in [0.15, 0.2) is 0 Å². The Balaban J connectivity index is 1.98. The monoisotopic (exact) mass is 270 g/mol. The van der Waals surface area contributed by atoms with Gasteiger partial charge < -0.3 is 9.47 Å². The van der Waals surface area contributed by atoms with Crippen LogP contribution in [-0.4, -0.2) is 12.8 Å². The maximum Gasteiger partial charge on any atom is 0.513 e. The van der Waals surface area contributed by atoms with Crippen LogP contribution in [0.1, 0.15) is 6.92 Å². The van der Waals surface area contributed by atoms with Crippen molar-refractivity contribution >= 4 is 17.5 Å². The maximum absolute atomic E-state index is 11.1. The Labute approximate surface area is 116 Å². The lowest BCUT2D eigenvalue weighted by molar-refractivity contribution is 0.104. The van der Waals surface area contributed by atoms with E-state index < -0.39 is 6.16 Å². The lowest BCUT2D eigenvalue weighted by atomic mass is 10.3. The van der Waals surface area contributed by atoms with E-state index in [1.165, 1.54) is 0 Å². The average molecular weight is 270 g/mol. The number of nitrogens with zero attached hydrogens (tertiary/aromatic N) is 2. The highest BCUT2D eigenvalue weighted by molar-refractivity contribution is 5.64. The SMILES string of the molecule is CCOC(=O)Oc1ccc(N=Nc2ccccc2)cc1. The molecule has 0 aliphatic rings. The van der Waals surface area contributed by atoms with Gasteiger partial charge in [-0.15, -0.1) is 0 Å². The second kappa shape index (κ2) is 7.04. The minimum absolute atomic E-state index is 0.280. The Kier molecular flexibility index (Phi) is 4.83. The Morgan fingerprint density at radius 1 is 0.950 bits per heavy atom. The number of benzene rings is 2. The van der Waals surface area contributed by atoms with E-state index in [2.05, 4.69) is 15.0 Å². The number of hydrogen-bond donors (Lipinski definition) is 0. The number of carbonyl (C=O) groups is 1. The Bertz CT molecular complexity index is 580. The number of azo groups is 1. The molecule has 5 heteroatoms. The predicted molar refractivity (Wildman–Crippen MR) is 74.7 cm³/mol. The van der Waals surface area contributed by atoms with Crippen molar-refractivity contribution in [2.75, 3.05) is 6.61 Å². The van der Waals surface area contributed by atoms with Gasteiger partial charge in [0.05, 0.1) is 18.0 Å². The highest BCUT2D eigenvalue weighted by Gasteiger charge is 2.04. The molecule has 0 radical (unpaired) electrons. The summed E-state index contributed by atoms with van der Waals surface area (Å²) in [6.45, 7) is 2.00. The van der Waals surface area contributed by atoms with Gasteiger partial charge in [-0.05, 0) is 43.3 Å². The van der Waals surface area contributed by atoms with Gasteiger partial charge in [0.1, 0.15) is 5.75 Å². The van der Waals surface area contributed by atoms with Crippen molar-refractivity contribution in [1.82, 2.24) is 0 Å². The van der Waals surface area contributed by atoms with Crippen molar-refractivity contribution in [2.45, 2.75) is 6.92 Å². The summed E-state index contributed by atoms with van der Waals surface area (Å²) in [6, 6.07) is 16.1. The molecule has 0 amide bonds. The number of hydrogen-bond acceptors (Lipinski definition) is 5. The van der Waals surface area contributed by atoms with Gasteiger partial charge in [0, 0.05) is 0 Å². The molecule has 0 saturated heterocycles. The van der Waals surface area contributed by atoms with Gasteiger partial charge in [-0.1, -0.05) is 18.2 Å². The molecule has 0 aliphatic carbocycles. The van der Waals surface area contributed by atoms with E-state index in [1.807, 2.05) is 30.3 Å². The molecular weight excluding hydrogens is 256 g/mol. The minimum Gasteiger partial charge on any atom is -0.434 e. The van der Waals surface area contributed by atoms with Gasteiger partial charge in [0.2, 0.25) is 0 Å². The molecule has 0 atom stereocenters. The van der Waals surface area contributed by atoms with Crippen molar-refractivity contribution < 1.29 is 14.3 Å². The first-order valence-electron chi connectivity index (χ1n) is 6.19. The molecule has 0 fully saturated rings. The highest BCUT2D eigenvalue weighted by Crippen LogP contribution is 2.21. The number of carbonyl (C=O) groups excluding carboxylic acids is 1. The molecule has 2 aromatic rings. The minimum atomic E-state index is -0.717. The van der Waals surface area contributed by atoms with E-state index in [-0.39, 0.29) is 6.61 Å². The van der Waals surface area contributed by atoms with E-state index >= 15 is 0 Å². The Morgan fingerprint density at radius 3 is 2.15 bits per heavy atom. The van der Waals surface area contributed by atoms with Crippen LogP contribution in [0.3, 0.4) is 0 Å². The molecule has 0 unspecified atom stereocenters. The van der Waals surface area contributed by atoms with Crippen LogP contribution in [-0.2, 0) is 4.74 Å². The Morgan fingerprint density at radius 2 is 1.55 bits per heavy atom. The maximum atomic E-state index is 11.1. The van der Waals surface area contributed by atoms with E-state index in [9.17, 15) is 4.79 Å². The molecule has 2 aromatic carbocycles. The van der Waals surface area contributed by atoms with Crippen LogP contribution in [0.2, 0.25) is 0 Å². The standard InChI is InChI=1S/C15H14N2O3/c1-2-19-15(18)20-14-10-8-13(9-11-14)17-16-12-6-4-3-5-7-12/h3-11H,2H2,1H3.